The van der Waals surface area contributed by atoms with E-state index in [1.807, 2.05) is 0 Å². The largest absolute Gasteiger partial charge is 0.481 e. The molecule has 108 valence electrons. The van der Waals surface area contributed by atoms with E-state index >= 15 is 0 Å². The van der Waals surface area contributed by atoms with Crippen LogP contribution in [0.15, 0.2) is 0 Å². The van der Waals surface area contributed by atoms with Gasteiger partial charge in [0.1, 0.15) is 0 Å². The Kier molecular flexibility index (Phi) is 5.29. The number of ether oxygens (including phenoxy) is 1. The van der Waals surface area contributed by atoms with Crippen LogP contribution >= 0.6 is 0 Å². The molecule has 0 saturated carbocycles. The van der Waals surface area contributed by atoms with Crippen molar-refractivity contribution in [3.05, 3.63) is 0 Å². The van der Waals surface area contributed by atoms with E-state index in [1.165, 1.54) is 0 Å². The van der Waals surface area contributed by atoms with Crippen LogP contribution in [-0.2, 0) is 19.1 Å². The Morgan fingerprint density at radius 2 is 1.42 bits per heavy atom. The molecule has 1 fully saturated rings. The highest BCUT2D eigenvalue weighted by Gasteiger charge is 2.41. The number of aliphatic carboxylic acids is 3. The summed E-state index contributed by atoms with van der Waals surface area (Å²) in [4.78, 5) is 32.5. The number of hydrogen-bond acceptors (Lipinski definition) is 4. The first-order chi connectivity index (χ1) is 8.81. The summed E-state index contributed by atoms with van der Waals surface area (Å²) in [5.41, 5.74) is 0. The molecule has 7 nitrogen and oxygen atoms in total. The summed E-state index contributed by atoms with van der Waals surface area (Å²) < 4.78 is 5.40. The van der Waals surface area contributed by atoms with Gasteiger partial charge in [-0.25, -0.2) is 0 Å². The molecule has 1 rings (SSSR count). The second-order valence-electron chi connectivity index (χ2n) is 4.92. The minimum Gasteiger partial charge on any atom is -0.481 e. The van der Waals surface area contributed by atoms with E-state index in [4.69, 9.17) is 20.1 Å². The smallest absolute Gasteiger partial charge is 0.303 e. The van der Waals surface area contributed by atoms with Crippen molar-refractivity contribution in [3.63, 3.8) is 0 Å². The van der Waals surface area contributed by atoms with Crippen LogP contribution in [0.5, 0.6) is 0 Å². The van der Waals surface area contributed by atoms with E-state index < -0.39 is 35.7 Å². The molecule has 1 saturated heterocycles. The molecule has 0 radical (unpaired) electrons. The van der Waals surface area contributed by atoms with Crippen LogP contribution in [-0.4, -0.2) is 45.9 Å². The number of carbonyl (C=O) groups is 3. The molecule has 0 bridgehead atoms. The third-order valence-electron chi connectivity index (χ3n) is 3.59. The Labute approximate surface area is 110 Å². The fourth-order valence-electron chi connectivity index (χ4n) is 2.69. The van der Waals surface area contributed by atoms with Crippen molar-refractivity contribution < 1.29 is 34.4 Å². The molecule has 0 spiro atoms. The molecule has 1 aliphatic rings. The maximum atomic E-state index is 10.9. The van der Waals surface area contributed by atoms with Gasteiger partial charge >= 0.3 is 17.9 Å². The Morgan fingerprint density at radius 1 is 0.947 bits per heavy atom. The van der Waals surface area contributed by atoms with Crippen LogP contribution in [0.25, 0.3) is 0 Å². The average molecular weight is 274 g/mol. The first-order valence-corrected chi connectivity index (χ1v) is 6.08. The number of hydrogen-bond donors (Lipinski definition) is 3. The minimum atomic E-state index is -1.05. The van der Waals surface area contributed by atoms with Crippen molar-refractivity contribution in [1.82, 2.24) is 0 Å². The van der Waals surface area contributed by atoms with Gasteiger partial charge in [0.25, 0.3) is 0 Å². The summed E-state index contributed by atoms with van der Waals surface area (Å²) in [7, 11) is 0. The Hall–Kier alpha value is -1.63. The van der Waals surface area contributed by atoms with Gasteiger partial charge in [-0.05, 0) is 24.7 Å². The second-order valence-corrected chi connectivity index (χ2v) is 4.92. The molecule has 4 atom stereocenters. The Balaban J connectivity index is 2.89. The highest BCUT2D eigenvalue weighted by atomic mass is 16.5. The first kappa shape index (κ1) is 15.4. The monoisotopic (exact) mass is 274 g/mol. The highest BCUT2D eigenvalue weighted by Crippen LogP contribution is 2.37. The van der Waals surface area contributed by atoms with Crippen LogP contribution < -0.4 is 0 Å². The quantitative estimate of drug-likeness (QED) is 0.651. The fraction of sp³-hybridized carbons (Fsp3) is 0.750. The van der Waals surface area contributed by atoms with Crippen LogP contribution in [0.1, 0.15) is 26.2 Å². The van der Waals surface area contributed by atoms with Crippen LogP contribution in [0.2, 0.25) is 0 Å². The summed E-state index contributed by atoms with van der Waals surface area (Å²) in [5, 5.41) is 26.6. The van der Waals surface area contributed by atoms with Crippen molar-refractivity contribution >= 4 is 17.9 Å². The van der Waals surface area contributed by atoms with E-state index in [1.54, 1.807) is 6.92 Å². The molecule has 0 aromatic rings. The number of carboxylic acid groups (broad SMARTS) is 3. The summed E-state index contributed by atoms with van der Waals surface area (Å²) in [6.45, 7) is 1.85. The molecule has 3 N–H and O–H groups in total. The lowest BCUT2D eigenvalue weighted by molar-refractivity contribution is -0.155. The lowest BCUT2D eigenvalue weighted by Gasteiger charge is -2.40. The Morgan fingerprint density at radius 3 is 1.89 bits per heavy atom. The van der Waals surface area contributed by atoms with Crippen LogP contribution in [0, 0.1) is 17.8 Å². The lowest BCUT2D eigenvalue weighted by atomic mass is 9.72. The molecule has 4 unspecified atom stereocenters. The fourth-order valence-corrected chi connectivity index (χ4v) is 2.69. The van der Waals surface area contributed by atoms with Gasteiger partial charge in [-0.2, -0.15) is 0 Å². The van der Waals surface area contributed by atoms with Crippen LogP contribution in [0.3, 0.4) is 0 Å². The topological polar surface area (TPSA) is 121 Å². The number of carboxylic acids is 3. The number of rotatable bonds is 6. The molecule has 0 aliphatic carbocycles. The molecular weight excluding hydrogens is 256 g/mol. The minimum absolute atomic E-state index is 0.154. The molecule has 0 amide bonds. The van der Waals surface area contributed by atoms with Gasteiger partial charge in [0.05, 0.1) is 25.6 Å². The summed E-state index contributed by atoms with van der Waals surface area (Å²) >= 11 is 0. The maximum absolute atomic E-state index is 10.9. The Bertz CT molecular complexity index is 365. The zero-order valence-electron chi connectivity index (χ0n) is 10.6. The molecule has 7 heteroatoms. The zero-order valence-corrected chi connectivity index (χ0v) is 10.6. The highest BCUT2D eigenvalue weighted by molar-refractivity contribution is 5.70. The normalized spacial score (nSPS) is 30.8. The molecule has 0 aromatic carbocycles. The summed E-state index contributed by atoms with van der Waals surface area (Å²) in [6, 6.07) is 0. The average Bonchev–Trinajstić information content (AvgIpc) is 2.25. The van der Waals surface area contributed by atoms with E-state index in [9.17, 15) is 14.4 Å². The van der Waals surface area contributed by atoms with E-state index in [0.29, 0.717) is 0 Å². The van der Waals surface area contributed by atoms with Crippen molar-refractivity contribution in [3.8, 4) is 0 Å². The van der Waals surface area contributed by atoms with Crippen molar-refractivity contribution in [2.24, 2.45) is 17.8 Å². The molecule has 1 heterocycles. The molecule has 0 aromatic heterocycles. The zero-order chi connectivity index (χ0) is 14.6. The predicted molar refractivity (Wildman–Crippen MR) is 62.6 cm³/mol. The first-order valence-electron chi connectivity index (χ1n) is 6.08. The standard InChI is InChI=1S/C12H18O7/c1-6-8(3-11(15)16)9(4-12(17)18)7(5-19-6)2-10(13)14/h6-9H,2-5H2,1H3,(H,13,14)(H,15,16)(H,17,18). The van der Waals surface area contributed by atoms with Gasteiger partial charge in [-0.3, -0.25) is 14.4 Å². The van der Waals surface area contributed by atoms with Gasteiger partial charge in [0.2, 0.25) is 0 Å². The van der Waals surface area contributed by atoms with Gasteiger partial charge in [-0.15, -0.1) is 0 Å². The summed E-state index contributed by atoms with van der Waals surface area (Å²) in [6.07, 6.45) is -1.04. The van der Waals surface area contributed by atoms with Gasteiger partial charge in [0.15, 0.2) is 0 Å². The van der Waals surface area contributed by atoms with E-state index in [-0.39, 0.29) is 32.0 Å². The van der Waals surface area contributed by atoms with Crippen LogP contribution in [0.4, 0.5) is 0 Å². The lowest BCUT2D eigenvalue weighted by Crippen LogP contribution is -2.43. The third kappa shape index (κ3) is 4.51. The van der Waals surface area contributed by atoms with E-state index in [0.717, 1.165) is 0 Å². The van der Waals surface area contributed by atoms with Crippen molar-refractivity contribution in [2.75, 3.05) is 6.61 Å². The SMILES string of the molecule is CC1OCC(CC(=O)O)C(CC(=O)O)C1CC(=O)O. The second kappa shape index (κ2) is 6.51. The molecule has 19 heavy (non-hydrogen) atoms. The molecule has 1 aliphatic heterocycles. The van der Waals surface area contributed by atoms with E-state index in [2.05, 4.69) is 0 Å². The van der Waals surface area contributed by atoms with Crippen molar-refractivity contribution in [2.45, 2.75) is 32.3 Å². The summed E-state index contributed by atoms with van der Waals surface area (Å²) in [5.74, 6) is -4.56. The molecular formula is C12H18O7. The van der Waals surface area contributed by atoms with Gasteiger partial charge in [0, 0.05) is 6.42 Å². The van der Waals surface area contributed by atoms with Gasteiger partial charge < -0.3 is 20.1 Å². The third-order valence-corrected chi connectivity index (χ3v) is 3.59. The van der Waals surface area contributed by atoms with Crippen molar-refractivity contribution in [1.29, 1.82) is 0 Å². The maximum Gasteiger partial charge on any atom is 0.303 e. The van der Waals surface area contributed by atoms with Gasteiger partial charge in [-0.1, -0.05) is 0 Å². The predicted octanol–water partition coefficient (Wildman–Crippen LogP) is 0.678.